The van der Waals surface area contributed by atoms with Crippen molar-refractivity contribution >= 4 is 11.6 Å². The van der Waals surface area contributed by atoms with E-state index in [1.165, 1.54) is 0 Å². The summed E-state index contributed by atoms with van der Waals surface area (Å²) in [5.74, 6) is 1.54. The van der Waals surface area contributed by atoms with Gasteiger partial charge in [-0.05, 0) is 30.3 Å². The molecule has 0 unspecified atom stereocenters. The Morgan fingerprint density at radius 1 is 1.09 bits per heavy atom. The fourth-order valence-electron chi connectivity index (χ4n) is 2.02. The first-order valence-electron chi connectivity index (χ1n) is 6.98. The lowest BCUT2D eigenvalue weighted by Gasteiger charge is -2.15. The number of para-hydroxylation sites is 1. The Balaban J connectivity index is 0.00000242. The number of methoxy groups -OCH3 is 1. The highest BCUT2D eigenvalue weighted by Crippen LogP contribution is 2.31. The van der Waals surface area contributed by atoms with Gasteiger partial charge in [-0.2, -0.15) is 0 Å². The van der Waals surface area contributed by atoms with Gasteiger partial charge in [0.15, 0.2) is 11.5 Å². The molecule has 0 aromatic heterocycles. The van der Waals surface area contributed by atoms with E-state index in [1.807, 2.05) is 42.5 Å². The molecule has 0 bridgehead atoms. The van der Waals surface area contributed by atoms with Crippen LogP contribution in [-0.4, -0.2) is 13.7 Å². The van der Waals surface area contributed by atoms with Crippen molar-refractivity contribution in [1.29, 1.82) is 0 Å². The molecule has 1 N–H and O–H groups in total. The molecule has 2 aromatic carbocycles. The summed E-state index contributed by atoms with van der Waals surface area (Å²) >= 11 is 5.89. The van der Waals surface area contributed by atoms with Crippen molar-refractivity contribution < 1.29 is 21.9 Å². The monoisotopic (exact) mass is 340 g/mol. The van der Waals surface area contributed by atoms with Crippen molar-refractivity contribution in [3.05, 3.63) is 58.6 Å². The zero-order valence-corrected chi connectivity index (χ0v) is 14.2. The first-order valence-corrected chi connectivity index (χ1v) is 7.36. The lowest BCUT2D eigenvalue weighted by Crippen LogP contribution is -3.00. The highest BCUT2D eigenvalue weighted by atomic mass is 35.5. The highest BCUT2D eigenvalue weighted by molar-refractivity contribution is 6.30. The minimum absolute atomic E-state index is 0. The second-order valence-electron chi connectivity index (χ2n) is 4.64. The summed E-state index contributed by atoms with van der Waals surface area (Å²) in [5, 5.41) is 4.03. The lowest BCUT2D eigenvalue weighted by molar-refractivity contribution is -0.00000481. The lowest BCUT2D eigenvalue weighted by atomic mass is 10.1. The van der Waals surface area contributed by atoms with Crippen LogP contribution < -0.4 is 27.2 Å². The molecule has 0 spiro atoms. The van der Waals surface area contributed by atoms with E-state index in [1.54, 1.807) is 7.11 Å². The van der Waals surface area contributed by atoms with Crippen LogP contribution in [0.3, 0.4) is 0 Å². The molecular weight excluding hydrogens is 321 g/mol. The topological polar surface area (TPSA) is 30.5 Å². The maximum absolute atomic E-state index is 5.97. The zero-order chi connectivity index (χ0) is 15.1. The molecule has 0 fully saturated rings. The second kappa shape index (κ2) is 9.57. The van der Waals surface area contributed by atoms with Gasteiger partial charge in [-0.15, -0.1) is 0 Å². The number of nitrogens with one attached hydrogen (secondary N) is 1. The molecule has 0 atom stereocenters. The molecule has 0 aliphatic rings. The fraction of sp³-hybridized carbons (Fsp3) is 0.294. The van der Waals surface area contributed by atoms with Gasteiger partial charge in [-0.25, -0.2) is 0 Å². The summed E-state index contributed by atoms with van der Waals surface area (Å²) < 4.78 is 11.4. The van der Waals surface area contributed by atoms with Gasteiger partial charge >= 0.3 is 0 Å². The van der Waals surface area contributed by atoms with E-state index in [0.717, 1.165) is 40.7 Å². The Morgan fingerprint density at radius 3 is 2.45 bits per heavy atom. The zero-order valence-electron chi connectivity index (χ0n) is 12.7. The molecule has 0 amide bonds. The number of rotatable bonds is 7. The van der Waals surface area contributed by atoms with E-state index >= 15 is 0 Å². The third-order valence-electron chi connectivity index (χ3n) is 3.14. The van der Waals surface area contributed by atoms with Crippen molar-refractivity contribution in [3.8, 4) is 11.5 Å². The van der Waals surface area contributed by atoms with E-state index in [0.29, 0.717) is 6.61 Å². The minimum atomic E-state index is 0. The highest BCUT2D eigenvalue weighted by Gasteiger charge is 2.10. The van der Waals surface area contributed by atoms with Crippen molar-refractivity contribution in [1.82, 2.24) is 5.32 Å². The summed E-state index contributed by atoms with van der Waals surface area (Å²) in [5.41, 5.74) is 2.16. The molecule has 120 valence electrons. The molecule has 0 aliphatic heterocycles. The summed E-state index contributed by atoms with van der Waals surface area (Å²) in [7, 11) is 1.65. The molecular formula is C17H20Cl2NO2-. The van der Waals surface area contributed by atoms with Crippen LogP contribution in [-0.2, 0) is 13.2 Å². The fourth-order valence-corrected chi connectivity index (χ4v) is 2.15. The number of benzene rings is 2. The molecule has 0 saturated carbocycles. The Morgan fingerprint density at radius 2 is 1.82 bits per heavy atom. The standard InChI is InChI=1S/C17H20ClNO2.ClH/c1-3-19-11-14-5-4-6-16(20-2)17(14)21-12-13-7-9-15(18)10-8-13;/h4-10,19H,3,11-12H2,1-2H3;1H/p-1. The number of halogens is 2. The number of ether oxygens (including phenoxy) is 2. The van der Waals surface area contributed by atoms with Gasteiger partial charge in [0.05, 0.1) is 7.11 Å². The maximum atomic E-state index is 5.97. The normalized spacial score (nSPS) is 9.95. The quantitative estimate of drug-likeness (QED) is 0.816. The van der Waals surface area contributed by atoms with Crippen molar-refractivity contribution in [2.24, 2.45) is 0 Å². The van der Waals surface area contributed by atoms with Gasteiger partial charge in [0, 0.05) is 17.1 Å². The molecule has 3 nitrogen and oxygen atoms in total. The van der Waals surface area contributed by atoms with Crippen LogP contribution in [0.4, 0.5) is 0 Å². The third-order valence-corrected chi connectivity index (χ3v) is 3.39. The summed E-state index contributed by atoms with van der Waals surface area (Å²) in [6, 6.07) is 13.6. The van der Waals surface area contributed by atoms with Crippen LogP contribution in [0, 0.1) is 0 Å². The average molecular weight is 341 g/mol. The first kappa shape index (κ1) is 18.6. The molecule has 0 radical (unpaired) electrons. The van der Waals surface area contributed by atoms with Gasteiger partial charge in [-0.3, -0.25) is 0 Å². The van der Waals surface area contributed by atoms with E-state index in [4.69, 9.17) is 21.1 Å². The molecule has 2 aromatic rings. The summed E-state index contributed by atoms with van der Waals surface area (Å²) in [6.45, 7) is 4.22. The predicted octanol–water partition coefficient (Wildman–Crippen LogP) is 1.04. The number of hydrogen-bond acceptors (Lipinski definition) is 3. The van der Waals surface area contributed by atoms with Gasteiger partial charge in [0.1, 0.15) is 6.61 Å². The van der Waals surface area contributed by atoms with Crippen LogP contribution >= 0.6 is 11.6 Å². The Bertz CT molecular complexity index is 573. The predicted molar refractivity (Wildman–Crippen MR) is 86.2 cm³/mol. The van der Waals surface area contributed by atoms with Gasteiger partial charge in [0.2, 0.25) is 0 Å². The van der Waals surface area contributed by atoms with Crippen molar-refractivity contribution in [3.63, 3.8) is 0 Å². The summed E-state index contributed by atoms with van der Waals surface area (Å²) in [4.78, 5) is 0. The second-order valence-corrected chi connectivity index (χ2v) is 5.08. The molecule has 0 heterocycles. The maximum Gasteiger partial charge on any atom is 0.166 e. The average Bonchev–Trinajstić information content (AvgIpc) is 2.52. The van der Waals surface area contributed by atoms with Crippen LogP contribution in [0.25, 0.3) is 0 Å². The van der Waals surface area contributed by atoms with Crippen LogP contribution in [0.2, 0.25) is 5.02 Å². The molecule has 5 heteroatoms. The van der Waals surface area contributed by atoms with Gasteiger partial charge in [0.25, 0.3) is 0 Å². The van der Waals surface area contributed by atoms with E-state index in [9.17, 15) is 0 Å². The molecule has 0 saturated heterocycles. The molecule has 0 aliphatic carbocycles. The van der Waals surface area contributed by atoms with E-state index in [-0.39, 0.29) is 12.4 Å². The van der Waals surface area contributed by atoms with Gasteiger partial charge in [-0.1, -0.05) is 42.8 Å². The van der Waals surface area contributed by atoms with Crippen LogP contribution in [0.1, 0.15) is 18.1 Å². The summed E-state index contributed by atoms with van der Waals surface area (Å²) in [6.07, 6.45) is 0. The first-order chi connectivity index (χ1) is 10.2. The van der Waals surface area contributed by atoms with Gasteiger partial charge < -0.3 is 27.2 Å². The smallest absolute Gasteiger partial charge is 0.166 e. The Kier molecular flexibility index (Phi) is 8.10. The van der Waals surface area contributed by atoms with Crippen LogP contribution in [0.15, 0.2) is 42.5 Å². The van der Waals surface area contributed by atoms with Crippen LogP contribution in [0.5, 0.6) is 11.5 Å². The minimum Gasteiger partial charge on any atom is -1.00 e. The Hall–Kier alpha value is -1.42. The third kappa shape index (κ3) is 5.09. The largest absolute Gasteiger partial charge is 1.00 e. The SMILES string of the molecule is CCNCc1cccc(OC)c1OCc1ccc(Cl)cc1.[Cl-]. The van der Waals surface area contributed by atoms with Crippen molar-refractivity contribution in [2.45, 2.75) is 20.1 Å². The van der Waals surface area contributed by atoms with Crippen molar-refractivity contribution in [2.75, 3.05) is 13.7 Å². The van der Waals surface area contributed by atoms with E-state index < -0.39 is 0 Å². The van der Waals surface area contributed by atoms with E-state index in [2.05, 4.69) is 12.2 Å². The molecule has 2 rings (SSSR count). The number of hydrogen-bond donors (Lipinski definition) is 1. The molecule has 22 heavy (non-hydrogen) atoms. The Labute approximate surface area is 143 Å².